The molecule has 1 aromatic heterocycles. The maximum Gasteiger partial charge on any atom is 0.174 e. The van der Waals surface area contributed by atoms with Crippen LogP contribution in [0.15, 0.2) is 18.2 Å². The highest BCUT2D eigenvalue weighted by Crippen LogP contribution is 2.39. The summed E-state index contributed by atoms with van der Waals surface area (Å²) in [6.45, 7) is 2.29. The van der Waals surface area contributed by atoms with Crippen molar-refractivity contribution in [3.05, 3.63) is 35.0 Å². The van der Waals surface area contributed by atoms with Crippen LogP contribution in [0.3, 0.4) is 0 Å². The molecule has 0 atom stereocenters. The third kappa shape index (κ3) is 3.27. The quantitative estimate of drug-likeness (QED) is 0.888. The first kappa shape index (κ1) is 17.6. The van der Waals surface area contributed by atoms with E-state index in [1.807, 2.05) is 25.1 Å². The van der Waals surface area contributed by atoms with Crippen LogP contribution in [0, 0.1) is 22.7 Å². The first-order valence-electron chi connectivity index (χ1n) is 8.67. The molecule has 1 aliphatic rings. The van der Waals surface area contributed by atoms with Crippen molar-refractivity contribution in [2.24, 2.45) is 0 Å². The van der Waals surface area contributed by atoms with Crippen molar-refractivity contribution in [2.45, 2.75) is 32.6 Å². The summed E-state index contributed by atoms with van der Waals surface area (Å²) in [5.41, 5.74) is 10.2. The minimum absolute atomic E-state index is 0.0551. The van der Waals surface area contributed by atoms with Gasteiger partial charge in [0.2, 0.25) is 0 Å². The lowest BCUT2D eigenvalue weighted by Gasteiger charge is -2.21. The highest BCUT2D eigenvalue weighted by Gasteiger charge is 2.22. The molecular formula is C20H20N4O2. The number of aromatic nitrogens is 1. The van der Waals surface area contributed by atoms with Crippen LogP contribution in [0.4, 0.5) is 5.82 Å². The normalized spacial score (nSPS) is 12.6. The Bertz CT molecular complexity index is 909. The van der Waals surface area contributed by atoms with Gasteiger partial charge in [-0.3, -0.25) is 0 Å². The third-order valence-corrected chi connectivity index (χ3v) is 4.44. The van der Waals surface area contributed by atoms with Gasteiger partial charge in [-0.2, -0.15) is 10.5 Å². The molecule has 0 bridgehead atoms. The summed E-state index contributed by atoms with van der Waals surface area (Å²) in [7, 11) is 0. The van der Waals surface area contributed by atoms with Gasteiger partial charge in [-0.05, 0) is 55.9 Å². The fourth-order valence-corrected chi connectivity index (χ4v) is 3.36. The molecular weight excluding hydrogens is 328 g/mol. The standard InChI is InChI=1S/C20H20N4O2/c1-2-25-18-11-13(7-8-17(18)26-10-9-21)19-14-5-3-4-6-16(14)24-20(23)15(19)12-22/h7-8,11H,2-6,10H2,1H3,(H2,23,24). The Kier molecular flexibility index (Phi) is 5.24. The van der Waals surface area contributed by atoms with Gasteiger partial charge in [-0.15, -0.1) is 0 Å². The molecule has 1 heterocycles. The third-order valence-electron chi connectivity index (χ3n) is 4.44. The first-order chi connectivity index (χ1) is 12.7. The van der Waals surface area contributed by atoms with Crippen molar-refractivity contribution in [3.63, 3.8) is 0 Å². The van der Waals surface area contributed by atoms with Crippen molar-refractivity contribution in [2.75, 3.05) is 18.9 Å². The van der Waals surface area contributed by atoms with E-state index in [4.69, 9.17) is 20.5 Å². The summed E-state index contributed by atoms with van der Waals surface area (Å²) in [5.74, 6) is 1.32. The monoisotopic (exact) mass is 348 g/mol. The molecule has 26 heavy (non-hydrogen) atoms. The summed E-state index contributed by atoms with van der Waals surface area (Å²) >= 11 is 0. The number of rotatable bonds is 5. The number of nitrogens with zero attached hydrogens (tertiary/aromatic N) is 3. The van der Waals surface area contributed by atoms with Gasteiger partial charge in [-0.25, -0.2) is 4.98 Å². The minimum Gasteiger partial charge on any atom is -0.490 e. The largest absolute Gasteiger partial charge is 0.490 e. The number of nitrogen functional groups attached to an aromatic ring is 1. The topological polar surface area (TPSA) is 105 Å². The van der Waals surface area contributed by atoms with Gasteiger partial charge in [-0.1, -0.05) is 6.07 Å². The first-order valence-corrected chi connectivity index (χ1v) is 8.67. The molecule has 6 heteroatoms. The number of benzene rings is 1. The fraction of sp³-hybridized carbons (Fsp3) is 0.350. The molecule has 2 aromatic rings. The SMILES string of the molecule is CCOc1cc(-c2c(C#N)c(N)nc3c2CCCC3)ccc1OCC#N. The molecule has 0 fully saturated rings. The number of hydrogen-bond acceptors (Lipinski definition) is 6. The molecule has 3 rings (SSSR count). The van der Waals surface area contributed by atoms with E-state index < -0.39 is 0 Å². The molecule has 132 valence electrons. The molecule has 0 amide bonds. The number of ether oxygens (including phenoxy) is 2. The Morgan fingerprint density at radius 3 is 2.69 bits per heavy atom. The van der Waals surface area contributed by atoms with Gasteiger partial charge in [0.25, 0.3) is 0 Å². The Hall–Kier alpha value is -3.25. The molecule has 0 saturated carbocycles. The lowest BCUT2D eigenvalue weighted by molar-refractivity contribution is 0.299. The number of fused-ring (bicyclic) bond motifs is 1. The molecule has 0 unspecified atom stereocenters. The van der Waals surface area contributed by atoms with E-state index in [2.05, 4.69) is 11.1 Å². The predicted octanol–water partition coefficient (Wildman–Crippen LogP) is 3.38. The molecule has 0 spiro atoms. The fourth-order valence-electron chi connectivity index (χ4n) is 3.36. The van der Waals surface area contributed by atoms with E-state index in [0.717, 1.165) is 48.1 Å². The molecule has 2 N–H and O–H groups in total. The van der Waals surface area contributed by atoms with Crippen LogP contribution in [0.2, 0.25) is 0 Å². The van der Waals surface area contributed by atoms with Crippen molar-refractivity contribution in [1.29, 1.82) is 10.5 Å². The zero-order valence-corrected chi connectivity index (χ0v) is 14.7. The molecule has 1 aromatic carbocycles. The van der Waals surface area contributed by atoms with E-state index in [0.29, 0.717) is 23.7 Å². The highest BCUT2D eigenvalue weighted by atomic mass is 16.5. The maximum absolute atomic E-state index is 9.64. The molecule has 0 aliphatic heterocycles. The number of aryl methyl sites for hydroxylation is 1. The summed E-state index contributed by atoms with van der Waals surface area (Å²) in [5, 5.41) is 18.4. The van der Waals surface area contributed by atoms with E-state index in [-0.39, 0.29) is 12.4 Å². The van der Waals surface area contributed by atoms with E-state index in [9.17, 15) is 5.26 Å². The van der Waals surface area contributed by atoms with Crippen molar-refractivity contribution in [3.8, 4) is 34.8 Å². The second-order valence-corrected chi connectivity index (χ2v) is 6.03. The molecule has 6 nitrogen and oxygen atoms in total. The van der Waals surface area contributed by atoms with Gasteiger partial charge < -0.3 is 15.2 Å². The highest BCUT2D eigenvalue weighted by molar-refractivity contribution is 5.80. The van der Waals surface area contributed by atoms with Crippen LogP contribution >= 0.6 is 0 Å². The maximum atomic E-state index is 9.64. The van der Waals surface area contributed by atoms with Crippen molar-refractivity contribution in [1.82, 2.24) is 4.98 Å². The number of pyridine rings is 1. The van der Waals surface area contributed by atoms with Gasteiger partial charge in [0.1, 0.15) is 23.5 Å². The van der Waals surface area contributed by atoms with Gasteiger partial charge in [0.15, 0.2) is 18.1 Å². The molecule has 0 saturated heterocycles. The zero-order valence-electron chi connectivity index (χ0n) is 14.7. The summed E-state index contributed by atoms with van der Waals surface area (Å²) in [4.78, 5) is 4.45. The van der Waals surface area contributed by atoms with Crippen LogP contribution in [0.1, 0.15) is 36.6 Å². The summed E-state index contributed by atoms with van der Waals surface area (Å²) < 4.78 is 11.1. The average molecular weight is 348 g/mol. The van der Waals surface area contributed by atoms with E-state index in [1.54, 1.807) is 6.07 Å². The van der Waals surface area contributed by atoms with Crippen LogP contribution in [0.25, 0.3) is 11.1 Å². The molecule has 0 radical (unpaired) electrons. The summed E-state index contributed by atoms with van der Waals surface area (Å²) in [6.07, 6.45) is 3.90. The Morgan fingerprint density at radius 2 is 1.96 bits per heavy atom. The smallest absolute Gasteiger partial charge is 0.174 e. The van der Waals surface area contributed by atoms with E-state index >= 15 is 0 Å². The van der Waals surface area contributed by atoms with E-state index in [1.165, 1.54) is 0 Å². The number of hydrogen-bond donors (Lipinski definition) is 1. The van der Waals surface area contributed by atoms with Crippen LogP contribution in [-0.4, -0.2) is 18.2 Å². The second kappa shape index (κ2) is 7.76. The Balaban J connectivity index is 2.17. The Morgan fingerprint density at radius 1 is 1.15 bits per heavy atom. The summed E-state index contributed by atoms with van der Waals surface area (Å²) in [6, 6.07) is 9.65. The Labute approximate surface area is 152 Å². The number of nitrogens with two attached hydrogens (primary N) is 1. The van der Waals surface area contributed by atoms with Crippen LogP contribution in [-0.2, 0) is 12.8 Å². The van der Waals surface area contributed by atoms with Crippen molar-refractivity contribution < 1.29 is 9.47 Å². The van der Waals surface area contributed by atoms with Gasteiger partial charge >= 0.3 is 0 Å². The van der Waals surface area contributed by atoms with Crippen molar-refractivity contribution >= 4 is 5.82 Å². The van der Waals surface area contributed by atoms with Crippen LogP contribution < -0.4 is 15.2 Å². The lowest BCUT2D eigenvalue weighted by atomic mass is 9.86. The zero-order chi connectivity index (χ0) is 18.5. The average Bonchev–Trinajstić information content (AvgIpc) is 2.66. The minimum atomic E-state index is -0.0551. The number of nitriles is 2. The predicted molar refractivity (Wildman–Crippen MR) is 97.7 cm³/mol. The number of anilines is 1. The lowest BCUT2D eigenvalue weighted by Crippen LogP contribution is -2.12. The van der Waals surface area contributed by atoms with Gasteiger partial charge in [0, 0.05) is 11.3 Å². The van der Waals surface area contributed by atoms with Crippen LogP contribution in [0.5, 0.6) is 11.5 Å². The molecule has 1 aliphatic carbocycles. The van der Waals surface area contributed by atoms with Gasteiger partial charge in [0.05, 0.1) is 6.61 Å². The second-order valence-electron chi connectivity index (χ2n) is 6.03.